The molecule has 0 saturated heterocycles. The van der Waals surface area contributed by atoms with Gasteiger partial charge in [-0.1, -0.05) is 30.3 Å². The lowest BCUT2D eigenvalue weighted by Gasteiger charge is -2.11. The van der Waals surface area contributed by atoms with Gasteiger partial charge in [0.2, 0.25) is 0 Å². The van der Waals surface area contributed by atoms with Crippen LogP contribution in [0.25, 0.3) is 11.0 Å². The minimum absolute atomic E-state index is 0.0937. The highest BCUT2D eigenvalue weighted by molar-refractivity contribution is 5.82. The van der Waals surface area contributed by atoms with E-state index >= 15 is 0 Å². The summed E-state index contributed by atoms with van der Waals surface area (Å²) < 4.78 is 54.4. The Hall–Kier alpha value is -2.80. The fourth-order valence-corrected chi connectivity index (χ4v) is 2.31. The molecule has 0 saturated carbocycles. The topological polar surface area (TPSA) is 48.7 Å². The number of hydrogen-bond acceptors (Lipinski definition) is 4. The Kier molecular flexibility index (Phi) is 4.76. The van der Waals surface area contributed by atoms with Crippen molar-refractivity contribution in [1.82, 2.24) is 0 Å². The van der Waals surface area contributed by atoms with Crippen LogP contribution in [-0.2, 0) is 17.5 Å². The van der Waals surface area contributed by atoms with E-state index in [1.54, 1.807) is 0 Å². The number of ether oxygens (including phenoxy) is 2. The van der Waals surface area contributed by atoms with E-state index in [-0.39, 0.29) is 23.5 Å². The van der Waals surface area contributed by atoms with Crippen LogP contribution in [0, 0.1) is 0 Å². The van der Waals surface area contributed by atoms with E-state index in [2.05, 4.69) is 0 Å². The van der Waals surface area contributed by atoms with Gasteiger partial charge in [-0.2, -0.15) is 13.2 Å². The van der Waals surface area contributed by atoms with Crippen molar-refractivity contribution >= 4 is 11.0 Å². The van der Waals surface area contributed by atoms with Gasteiger partial charge in [-0.15, -0.1) is 0 Å². The number of halogens is 3. The first-order valence-corrected chi connectivity index (χ1v) is 7.33. The van der Waals surface area contributed by atoms with Crippen molar-refractivity contribution in [2.24, 2.45) is 0 Å². The molecule has 1 aromatic heterocycles. The van der Waals surface area contributed by atoms with E-state index in [0.29, 0.717) is 12.7 Å². The maximum Gasteiger partial charge on any atom is 0.417 e. The summed E-state index contributed by atoms with van der Waals surface area (Å²) >= 11 is 0. The van der Waals surface area contributed by atoms with Crippen LogP contribution in [0.15, 0.2) is 63.8 Å². The summed E-state index contributed by atoms with van der Waals surface area (Å²) in [5.41, 5.74) is -1.34. The summed E-state index contributed by atoms with van der Waals surface area (Å²) in [7, 11) is 0. The van der Waals surface area contributed by atoms with Crippen LogP contribution in [0.1, 0.15) is 11.1 Å². The van der Waals surface area contributed by atoms with E-state index in [0.717, 1.165) is 5.56 Å². The Balaban J connectivity index is 1.72. The predicted octanol–water partition coefficient (Wildman–Crippen LogP) is 4.36. The number of alkyl halides is 3. The van der Waals surface area contributed by atoms with Gasteiger partial charge < -0.3 is 13.9 Å². The van der Waals surface area contributed by atoms with Crippen molar-refractivity contribution in [3.05, 3.63) is 76.1 Å². The molecule has 0 aliphatic carbocycles. The molecule has 3 aromatic rings. The molecular weight excluding hydrogens is 337 g/mol. The minimum Gasteiger partial charge on any atom is -0.467 e. The number of hydrogen-bond donors (Lipinski definition) is 0. The summed E-state index contributed by atoms with van der Waals surface area (Å²) in [6.45, 7) is 0.241. The van der Waals surface area contributed by atoms with Crippen LogP contribution in [0.5, 0.6) is 5.75 Å². The van der Waals surface area contributed by atoms with Gasteiger partial charge in [-0.05, 0) is 17.7 Å². The second-order valence-corrected chi connectivity index (χ2v) is 5.23. The average Bonchev–Trinajstić information content (AvgIpc) is 2.58. The summed E-state index contributed by atoms with van der Waals surface area (Å²) in [6.07, 6.45) is -4.64. The molecule has 0 aliphatic heterocycles. The summed E-state index contributed by atoms with van der Waals surface area (Å²) in [5, 5.41) is -0.204. The highest BCUT2D eigenvalue weighted by Crippen LogP contribution is 2.34. The van der Waals surface area contributed by atoms with Crippen molar-refractivity contribution in [3.63, 3.8) is 0 Å². The molecule has 0 radical (unpaired) electrons. The van der Waals surface area contributed by atoms with Gasteiger partial charge in [0.05, 0.1) is 12.2 Å². The van der Waals surface area contributed by atoms with Gasteiger partial charge in [0.25, 0.3) is 0 Å². The van der Waals surface area contributed by atoms with Crippen molar-refractivity contribution in [2.45, 2.75) is 12.8 Å². The Morgan fingerprint density at radius 2 is 1.76 bits per heavy atom. The normalized spacial score (nSPS) is 11.6. The summed E-state index contributed by atoms with van der Waals surface area (Å²) in [6, 6.07) is 13.7. The Bertz CT molecular complexity index is 917. The lowest BCUT2D eigenvalue weighted by atomic mass is 10.1. The summed E-state index contributed by atoms with van der Waals surface area (Å²) in [5.74, 6) is 0.239. The van der Waals surface area contributed by atoms with Crippen LogP contribution in [0.3, 0.4) is 0 Å². The van der Waals surface area contributed by atoms with Gasteiger partial charge >= 0.3 is 11.8 Å². The zero-order chi connectivity index (χ0) is 17.9. The molecular formula is C18H13F3O4. The van der Waals surface area contributed by atoms with Gasteiger partial charge in [0, 0.05) is 17.5 Å². The maximum absolute atomic E-state index is 13.0. The molecule has 0 atom stereocenters. The first-order chi connectivity index (χ1) is 11.9. The first kappa shape index (κ1) is 17.0. The number of benzene rings is 2. The molecule has 0 bridgehead atoms. The molecule has 25 heavy (non-hydrogen) atoms. The van der Waals surface area contributed by atoms with Crippen molar-refractivity contribution in [1.29, 1.82) is 0 Å². The third kappa shape index (κ3) is 4.19. The van der Waals surface area contributed by atoms with E-state index in [9.17, 15) is 18.0 Å². The molecule has 4 nitrogen and oxygen atoms in total. The zero-order valence-electron chi connectivity index (χ0n) is 12.9. The SMILES string of the molecule is O=c1cc(C(F)(F)F)c2ccc(OCOCc3ccccc3)cc2o1. The van der Waals surface area contributed by atoms with Crippen LogP contribution < -0.4 is 10.4 Å². The molecule has 0 spiro atoms. The largest absolute Gasteiger partial charge is 0.467 e. The van der Waals surface area contributed by atoms with Crippen LogP contribution in [0.2, 0.25) is 0 Å². The van der Waals surface area contributed by atoms with Crippen molar-refractivity contribution in [2.75, 3.05) is 6.79 Å². The van der Waals surface area contributed by atoms with E-state index in [4.69, 9.17) is 13.9 Å². The van der Waals surface area contributed by atoms with E-state index < -0.39 is 17.4 Å². The third-order valence-electron chi connectivity index (χ3n) is 3.44. The Labute approximate surface area is 140 Å². The highest BCUT2D eigenvalue weighted by atomic mass is 19.4. The molecule has 0 fully saturated rings. The van der Waals surface area contributed by atoms with Gasteiger partial charge in [0.15, 0.2) is 6.79 Å². The van der Waals surface area contributed by atoms with Gasteiger partial charge in [-0.25, -0.2) is 4.79 Å². The average molecular weight is 350 g/mol. The molecule has 0 unspecified atom stereocenters. The fraction of sp³-hybridized carbons (Fsp3) is 0.167. The minimum atomic E-state index is -4.64. The first-order valence-electron chi connectivity index (χ1n) is 7.33. The Morgan fingerprint density at radius 3 is 2.48 bits per heavy atom. The molecule has 130 valence electrons. The van der Waals surface area contributed by atoms with Crippen molar-refractivity contribution < 1.29 is 27.1 Å². The second-order valence-electron chi connectivity index (χ2n) is 5.23. The van der Waals surface area contributed by atoms with Crippen LogP contribution >= 0.6 is 0 Å². The smallest absolute Gasteiger partial charge is 0.417 e. The molecule has 3 rings (SSSR count). The third-order valence-corrected chi connectivity index (χ3v) is 3.44. The highest BCUT2D eigenvalue weighted by Gasteiger charge is 2.33. The zero-order valence-corrected chi connectivity index (χ0v) is 12.9. The van der Waals surface area contributed by atoms with Crippen molar-refractivity contribution in [3.8, 4) is 5.75 Å². The monoisotopic (exact) mass is 350 g/mol. The maximum atomic E-state index is 13.0. The van der Waals surface area contributed by atoms with Gasteiger partial charge in [0.1, 0.15) is 11.3 Å². The fourth-order valence-electron chi connectivity index (χ4n) is 2.31. The van der Waals surface area contributed by atoms with Gasteiger partial charge in [-0.3, -0.25) is 0 Å². The second kappa shape index (κ2) is 6.98. The van der Waals surface area contributed by atoms with Crippen LogP contribution in [-0.4, -0.2) is 6.79 Å². The number of rotatable bonds is 5. The van der Waals surface area contributed by atoms with E-state index in [1.807, 2.05) is 30.3 Å². The van der Waals surface area contributed by atoms with E-state index in [1.165, 1.54) is 18.2 Å². The molecule has 1 heterocycles. The lowest BCUT2D eigenvalue weighted by molar-refractivity contribution is -0.136. The molecule has 7 heteroatoms. The molecule has 0 aliphatic rings. The summed E-state index contributed by atoms with van der Waals surface area (Å²) in [4.78, 5) is 11.3. The Morgan fingerprint density at radius 1 is 1.00 bits per heavy atom. The molecule has 2 aromatic carbocycles. The number of fused-ring (bicyclic) bond motifs is 1. The lowest BCUT2D eigenvalue weighted by Crippen LogP contribution is -2.11. The van der Waals surface area contributed by atoms with Crippen LogP contribution in [0.4, 0.5) is 13.2 Å². The standard InChI is InChI=1S/C18H13F3O4/c19-18(20,21)15-9-17(22)25-16-8-13(6-7-14(15)16)24-11-23-10-12-4-2-1-3-5-12/h1-9H,10-11H2. The molecule has 0 amide bonds. The quantitative estimate of drug-likeness (QED) is 0.390. The predicted molar refractivity (Wildman–Crippen MR) is 84.2 cm³/mol. The molecule has 0 N–H and O–H groups in total.